The SMILES string of the molecule is O=C(CCNC(=O)N1CCCC1c1cccs1)N1CCCC1. The van der Waals surface area contributed by atoms with E-state index >= 15 is 0 Å². The summed E-state index contributed by atoms with van der Waals surface area (Å²) in [7, 11) is 0. The minimum atomic E-state index is -0.0369. The van der Waals surface area contributed by atoms with Crippen molar-refractivity contribution in [1.82, 2.24) is 15.1 Å². The summed E-state index contributed by atoms with van der Waals surface area (Å²) in [5, 5.41) is 4.97. The monoisotopic (exact) mass is 321 g/mol. The normalized spacial score (nSPS) is 21.4. The van der Waals surface area contributed by atoms with Crippen molar-refractivity contribution >= 4 is 23.3 Å². The van der Waals surface area contributed by atoms with Crippen LogP contribution in [0.3, 0.4) is 0 Å². The Bertz CT molecular complexity index is 511. The van der Waals surface area contributed by atoms with Crippen LogP contribution in [0.5, 0.6) is 0 Å². The van der Waals surface area contributed by atoms with Crippen LogP contribution in [-0.2, 0) is 4.79 Å². The molecular formula is C16H23N3O2S. The van der Waals surface area contributed by atoms with E-state index in [1.807, 2.05) is 15.9 Å². The molecule has 0 aliphatic carbocycles. The zero-order valence-corrected chi connectivity index (χ0v) is 13.6. The third-order valence-electron chi connectivity index (χ3n) is 4.46. The predicted octanol–water partition coefficient (Wildman–Crippen LogP) is 2.61. The molecule has 1 aromatic rings. The van der Waals surface area contributed by atoms with Gasteiger partial charge in [0.05, 0.1) is 6.04 Å². The molecule has 3 heterocycles. The Labute approximate surface area is 135 Å². The summed E-state index contributed by atoms with van der Waals surface area (Å²) in [6.45, 7) is 2.98. The smallest absolute Gasteiger partial charge is 0.317 e. The number of urea groups is 1. The maximum atomic E-state index is 12.3. The van der Waals surface area contributed by atoms with Gasteiger partial charge in [0.25, 0.3) is 0 Å². The van der Waals surface area contributed by atoms with E-state index in [1.54, 1.807) is 11.3 Å². The van der Waals surface area contributed by atoms with Gasteiger partial charge in [-0.3, -0.25) is 4.79 Å². The highest BCUT2D eigenvalue weighted by Gasteiger charge is 2.30. The molecule has 0 saturated carbocycles. The molecule has 3 rings (SSSR count). The zero-order chi connectivity index (χ0) is 15.4. The van der Waals surface area contributed by atoms with Gasteiger partial charge in [0, 0.05) is 37.5 Å². The molecule has 1 aromatic heterocycles. The molecule has 1 unspecified atom stereocenters. The quantitative estimate of drug-likeness (QED) is 0.927. The van der Waals surface area contributed by atoms with Gasteiger partial charge >= 0.3 is 6.03 Å². The van der Waals surface area contributed by atoms with E-state index < -0.39 is 0 Å². The van der Waals surface area contributed by atoms with Gasteiger partial charge in [-0.15, -0.1) is 11.3 Å². The first-order valence-electron chi connectivity index (χ1n) is 8.11. The fraction of sp³-hybridized carbons (Fsp3) is 0.625. The number of carbonyl (C=O) groups excluding carboxylic acids is 2. The molecule has 2 aliphatic rings. The molecular weight excluding hydrogens is 298 g/mol. The van der Waals surface area contributed by atoms with E-state index in [9.17, 15) is 9.59 Å². The number of hydrogen-bond acceptors (Lipinski definition) is 3. The lowest BCUT2D eigenvalue weighted by molar-refractivity contribution is -0.129. The summed E-state index contributed by atoms with van der Waals surface area (Å²) in [6.07, 6.45) is 4.69. The molecule has 1 atom stereocenters. The number of likely N-dealkylation sites (tertiary alicyclic amines) is 2. The maximum absolute atomic E-state index is 12.3. The summed E-state index contributed by atoms with van der Waals surface area (Å²) in [5.74, 6) is 0.161. The number of hydrogen-bond donors (Lipinski definition) is 1. The van der Waals surface area contributed by atoms with Gasteiger partial charge in [-0.1, -0.05) is 6.07 Å². The van der Waals surface area contributed by atoms with Crippen molar-refractivity contribution in [3.05, 3.63) is 22.4 Å². The van der Waals surface area contributed by atoms with E-state index in [-0.39, 0.29) is 18.0 Å². The van der Waals surface area contributed by atoms with Crippen LogP contribution in [0.1, 0.15) is 43.0 Å². The third kappa shape index (κ3) is 3.43. The van der Waals surface area contributed by atoms with Gasteiger partial charge in [0.1, 0.15) is 0 Å². The fourth-order valence-electron chi connectivity index (χ4n) is 3.29. The Kier molecular flexibility index (Phi) is 4.97. The van der Waals surface area contributed by atoms with Crippen LogP contribution in [0.2, 0.25) is 0 Å². The van der Waals surface area contributed by atoms with Crippen molar-refractivity contribution in [2.24, 2.45) is 0 Å². The van der Waals surface area contributed by atoms with Crippen molar-refractivity contribution in [1.29, 1.82) is 0 Å². The second-order valence-corrected chi connectivity index (χ2v) is 6.92. The Morgan fingerprint density at radius 2 is 2.05 bits per heavy atom. The predicted molar refractivity (Wildman–Crippen MR) is 86.8 cm³/mol. The van der Waals surface area contributed by atoms with Gasteiger partial charge < -0.3 is 15.1 Å². The van der Waals surface area contributed by atoms with Crippen LogP contribution in [-0.4, -0.2) is 47.9 Å². The first kappa shape index (κ1) is 15.3. The topological polar surface area (TPSA) is 52.7 Å². The van der Waals surface area contributed by atoms with Crippen molar-refractivity contribution in [2.45, 2.75) is 38.1 Å². The number of carbonyl (C=O) groups is 2. The van der Waals surface area contributed by atoms with Crippen LogP contribution in [0.15, 0.2) is 17.5 Å². The number of thiophene rings is 1. The summed E-state index contributed by atoms with van der Waals surface area (Å²) in [5.41, 5.74) is 0. The summed E-state index contributed by atoms with van der Waals surface area (Å²) >= 11 is 1.70. The molecule has 0 radical (unpaired) electrons. The molecule has 0 spiro atoms. The second-order valence-electron chi connectivity index (χ2n) is 5.94. The Hall–Kier alpha value is -1.56. The van der Waals surface area contributed by atoms with Gasteiger partial charge in [-0.25, -0.2) is 4.79 Å². The average molecular weight is 321 g/mol. The maximum Gasteiger partial charge on any atom is 0.317 e. The van der Waals surface area contributed by atoms with Gasteiger partial charge in [0.2, 0.25) is 5.91 Å². The lowest BCUT2D eigenvalue weighted by atomic mass is 10.2. The van der Waals surface area contributed by atoms with Crippen molar-refractivity contribution < 1.29 is 9.59 Å². The van der Waals surface area contributed by atoms with E-state index in [0.717, 1.165) is 45.3 Å². The fourth-order valence-corrected chi connectivity index (χ4v) is 4.16. The standard InChI is InChI=1S/C16H23N3O2S/c20-15(18-9-1-2-10-18)7-8-17-16(21)19-11-3-5-13(19)14-6-4-12-22-14/h4,6,12-13H,1-3,5,7-11H2,(H,17,21). The molecule has 3 amide bonds. The highest BCUT2D eigenvalue weighted by Crippen LogP contribution is 2.34. The largest absolute Gasteiger partial charge is 0.343 e. The minimum Gasteiger partial charge on any atom is -0.343 e. The minimum absolute atomic E-state index is 0.0369. The van der Waals surface area contributed by atoms with E-state index in [2.05, 4.69) is 16.8 Å². The average Bonchev–Trinajstić information content (AvgIpc) is 3.26. The third-order valence-corrected chi connectivity index (χ3v) is 5.43. The van der Waals surface area contributed by atoms with E-state index in [4.69, 9.17) is 0 Å². The molecule has 1 N–H and O–H groups in total. The van der Waals surface area contributed by atoms with Crippen LogP contribution >= 0.6 is 11.3 Å². The lowest BCUT2D eigenvalue weighted by Crippen LogP contribution is -2.41. The lowest BCUT2D eigenvalue weighted by Gasteiger charge is -2.24. The summed E-state index contributed by atoms with van der Waals surface area (Å²) in [6, 6.07) is 4.29. The molecule has 2 fully saturated rings. The highest BCUT2D eigenvalue weighted by molar-refractivity contribution is 7.10. The zero-order valence-electron chi connectivity index (χ0n) is 12.8. The molecule has 5 nitrogen and oxygen atoms in total. The van der Waals surface area contributed by atoms with Crippen LogP contribution in [0, 0.1) is 0 Å². The summed E-state index contributed by atoms with van der Waals surface area (Å²) in [4.78, 5) is 29.4. The van der Waals surface area contributed by atoms with Crippen LogP contribution in [0.25, 0.3) is 0 Å². The van der Waals surface area contributed by atoms with E-state index in [1.165, 1.54) is 4.88 Å². The van der Waals surface area contributed by atoms with Crippen molar-refractivity contribution in [3.8, 4) is 0 Å². The highest BCUT2D eigenvalue weighted by atomic mass is 32.1. The molecule has 0 aromatic carbocycles. The molecule has 2 aliphatic heterocycles. The first-order valence-corrected chi connectivity index (χ1v) is 8.99. The van der Waals surface area contributed by atoms with Crippen LogP contribution < -0.4 is 5.32 Å². The number of nitrogens with one attached hydrogen (secondary N) is 1. The Balaban J connectivity index is 1.46. The molecule has 120 valence electrons. The molecule has 6 heteroatoms. The summed E-state index contributed by atoms with van der Waals surface area (Å²) < 4.78 is 0. The van der Waals surface area contributed by atoms with Crippen molar-refractivity contribution in [3.63, 3.8) is 0 Å². The number of nitrogens with zero attached hydrogens (tertiary/aromatic N) is 2. The van der Waals surface area contributed by atoms with Gasteiger partial charge in [-0.2, -0.15) is 0 Å². The molecule has 2 saturated heterocycles. The Morgan fingerprint density at radius 3 is 2.77 bits per heavy atom. The Morgan fingerprint density at radius 1 is 1.23 bits per heavy atom. The second kappa shape index (κ2) is 7.13. The number of rotatable bonds is 4. The van der Waals surface area contributed by atoms with Gasteiger partial charge in [0.15, 0.2) is 0 Å². The van der Waals surface area contributed by atoms with Crippen molar-refractivity contribution in [2.75, 3.05) is 26.2 Å². The van der Waals surface area contributed by atoms with Gasteiger partial charge in [-0.05, 0) is 37.1 Å². The molecule has 0 bridgehead atoms. The first-order chi connectivity index (χ1) is 10.8. The van der Waals surface area contributed by atoms with Crippen LogP contribution in [0.4, 0.5) is 4.79 Å². The number of amides is 3. The van der Waals surface area contributed by atoms with E-state index in [0.29, 0.717) is 13.0 Å². The molecule has 22 heavy (non-hydrogen) atoms.